The molecule has 5 nitrogen and oxygen atoms in total. The van der Waals surface area contributed by atoms with E-state index in [9.17, 15) is 14.0 Å². The van der Waals surface area contributed by atoms with Gasteiger partial charge in [-0.05, 0) is 12.0 Å². The minimum Gasteiger partial charge on any atom is -0.481 e. The smallest absolute Gasteiger partial charge is 0.305 e. The Hall–Kier alpha value is -1.95. The van der Waals surface area contributed by atoms with E-state index >= 15 is 0 Å². The van der Waals surface area contributed by atoms with Gasteiger partial charge in [0, 0.05) is 31.7 Å². The molecule has 1 saturated heterocycles. The number of hydrogen-bond donors (Lipinski definition) is 1. The molecule has 1 heterocycles. The lowest BCUT2D eigenvalue weighted by Gasteiger charge is -2.41. The van der Waals surface area contributed by atoms with Crippen LogP contribution in [-0.2, 0) is 16.1 Å². The zero-order chi connectivity index (χ0) is 17.0. The average molecular weight is 322 g/mol. The van der Waals surface area contributed by atoms with E-state index in [1.165, 1.54) is 6.07 Å². The Morgan fingerprint density at radius 2 is 2.04 bits per heavy atom. The van der Waals surface area contributed by atoms with Crippen LogP contribution in [0.2, 0.25) is 0 Å². The van der Waals surface area contributed by atoms with Crippen LogP contribution in [0.1, 0.15) is 25.8 Å². The van der Waals surface area contributed by atoms with Crippen LogP contribution in [0.5, 0.6) is 0 Å². The molecule has 1 N–H and O–H groups in total. The molecule has 1 fully saturated rings. The van der Waals surface area contributed by atoms with Crippen molar-refractivity contribution >= 4 is 11.9 Å². The molecule has 0 saturated carbocycles. The number of carboxylic acids is 1. The van der Waals surface area contributed by atoms with Crippen LogP contribution in [0.3, 0.4) is 0 Å². The fourth-order valence-electron chi connectivity index (χ4n) is 2.94. The first-order chi connectivity index (χ1) is 10.9. The zero-order valence-electron chi connectivity index (χ0n) is 13.5. The molecule has 1 aromatic rings. The summed E-state index contributed by atoms with van der Waals surface area (Å²) in [6.45, 7) is 6.02. The highest BCUT2D eigenvalue weighted by atomic mass is 19.1. The van der Waals surface area contributed by atoms with E-state index in [0.29, 0.717) is 31.1 Å². The van der Waals surface area contributed by atoms with E-state index in [-0.39, 0.29) is 24.7 Å². The standard InChI is InChI=1S/C17H23FN2O3/c1-12(2)10-19-7-8-20(17(23)15(19)9-16(21)22)11-13-5-3-4-6-14(13)18/h3-6,12,15H,7-11H2,1-2H3,(H,21,22). The number of carboxylic acid groups (broad SMARTS) is 1. The Labute approximate surface area is 135 Å². The van der Waals surface area contributed by atoms with Crippen LogP contribution < -0.4 is 0 Å². The van der Waals surface area contributed by atoms with Crippen molar-refractivity contribution in [2.24, 2.45) is 5.92 Å². The van der Waals surface area contributed by atoms with E-state index in [2.05, 4.69) is 0 Å². The Balaban J connectivity index is 2.13. The number of hydrogen-bond acceptors (Lipinski definition) is 3. The van der Waals surface area contributed by atoms with Gasteiger partial charge in [-0.15, -0.1) is 0 Å². The van der Waals surface area contributed by atoms with Crippen LogP contribution in [0, 0.1) is 11.7 Å². The number of rotatable bonds is 6. The van der Waals surface area contributed by atoms with Crippen LogP contribution in [0.25, 0.3) is 0 Å². The first-order valence-corrected chi connectivity index (χ1v) is 7.86. The normalized spacial score (nSPS) is 19.4. The molecule has 6 heteroatoms. The van der Waals surface area contributed by atoms with Gasteiger partial charge in [0.25, 0.3) is 0 Å². The average Bonchev–Trinajstić information content (AvgIpc) is 2.47. The van der Waals surface area contributed by atoms with Gasteiger partial charge in [0.1, 0.15) is 5.82 Å². The van der Waals surface area contributed by atoms with Gasteiger partial charge >= 0.3 is 5.97 Å². The molecule has 23 heavy (non-hydrogen) atoms. The second kappa shape index (κ2) is 7.55. The number of carbonyl (C=O) groups is 2. The SMILES string of the molecule is CC(C)CN1CCN(Cc2ccccc2F)C(=O)C1CC(=O)O. The molecule has 1 aliphatic rings. The van der Waals surface area contributed by atoms with E-state index in [4.69, 9.17) is 5.11 Å². The molecule has 1 aromatic carbocycles. The summed E-state index contributed by atoms with van der Waals surface area (Å²) in [5, 5.41) is 9.10. The number of amides is 1. The summed E-state index contributed by atoms with van der Waals surface area (Å²) >= 11 is 0. The molecule has 2 rings (SSSR count). The lowest BCUT2D eigenvalue weighted by atomic mass is 10.0. The van der Waals surface area contributed by atoms with Crippen LogP contribution in [0.15, 0.2) is 24.3 Å². The lowest BCUT2D eigenvalue weighted by Crippen LogP contribution is -2.57. The molecule has 0 radical (unpaired) electrons. The fourth-order valence-corrected chi connectivity index (χ4v) is 2.94. The Morgan fingerprint density at radius 3 is 2.65 bits per heavy atom. The lowest BCUT2D eigenvalue weighted by molar-refractivity contribution is -0.150. The van der Waals surface area contributed by atoms with Gasteiger partial charge in [0.2, 0.25) is 5.91 Å². The Morgan fingerprint density at radius 1 is 1.35 bits per heavy atom. The predicted molar refractivity (Wildman–Crippen MR) is 84.3 cm³/mol. The second-order valence-electron chi connectivity index (χ2n) is 6.35. The zero-order valence-corrected chi connectivity index (χ0v) is 13.5. The van der Waals surface area contributed by atoms with Gasteiger partial charge in [-0.25, -0.2) is 4.39 Å². The van der Waals surface area contributed by atoms with Gasteiger partial charge < -0.3 is 10.0 Å². The summed E-state index contributed by atoms with van der Waals surface area (Å²) in [7, 11) is 0. The molecule has 1 aliphatic heterocycles. The minimum absolute atomic E-state index is 0.178. The third-order valence-corrected chi connectivity index (χ3v) is 3.98. The third kappa shape index (κ3) is 4.51. The first kappa shape index (κ1) is 17.4. The molecular formula is C17H23FN2O3. The Kier molecular flexibility index (Phi) is 5.71. The van der Waals surface area contributed by atoms with Crippen LogP contribution in [0.4, 0.5) is 4.39 Å². The number of aliphatic carboxylic acids is 1. The van der Waals surface area contributed by atoms with E-state index in [1.807, 2.05) is 18.7 Å². The van der Waals surface area contributed by atoms with Gasteiger partial charge in [0.05, 0.1) is 12.5 Å². The van der Waals surface area contributed by atoms with E-state index in [1.54, 1.807) is 23.1 Å². The molecule has 0 aliphatic carbocycles. The van der Waals surface area contributed by atoms with Crippen LogP contribution in [-0.4, -0.2) is 52.5 Å². The monoisotopic (exact) mass is 322 g/mol. The van der Waals surface area contributed by atoms with Crippen molar-refractivity contribution in [2.75, 3.05) is 19.6 Å². The number of halogens is 1. The maximum Gasteiger partial charge on any atom is 0.305 e. The van der Waals surface area contributed by atoms with Crippen molar-refractivity contribution in [1.29, 1.82) is 0 Å². The molecule has 0 bridgehead atoms. The summed E-state index contributed by atoms with van der Waals surface area (Å²) in [5.41, 5.74) is 0.451. The fraction of sp³-hybridized carbons (Fsp3) is 0.529. The maximum absolute atomic E-state index is 13.8. The highest BCUT2D eigenvalue weighted by Crippen LogP contribution is 2.19. The molecule has 1 amide bonds. The van der Waals surface area contributed by atoms with Gasteiger partial charge in [-0.3, -0.25) is 14.5 Å². The molecule has 126 valence electrons. The number of nitrogens with zero attached hydrogens (tertiary/aromatic N) is 2. The van der Waals surface area contributed by atoms with E-state index < -0.39 is 12.0 Å². The predicted octanol–water partition coefficient (Wildman–Crippen LogP) is 1.97. The first-order valence-electron chi connectivity index (χ1n) is 7.86. The third-order valence-electron chi connectivity index (χ3n) is 3.98. The summed E-state index contributed by atoms with van der Waals surface area (Å²) in [5.74, 6) is -1.23. The molecule has 0 aromatic heterocycles. The van der Waals surface area contributed by atoms with Gasteiger partial charge in [-0.2, -0.15) is 0 Å². The van der Waals surface area contributed by atoms with Crippen molar-refractivity contribution in [2.45, 2.75) is 32.9 Å². The summed E-state index contributed by atoms with van der Waals surface area (Å²) in [6, 6.07) is 5.68. The Bertz CT molecular complexity index is 577. The number of carbonyl (C=O) groups excluding carboxylic acids is 1. The molecular weight excluding hydrogens is 299 g/mol. The van der Waals surface area contributed by atoms with Gasteiger partial charge in [-0.1, -0.05) is 32.0 Å². The molecule has 1 atom stereocenters. The van der Waals surface area contributed by atoms with Crippen LogP contribution >= 0.6 is 0 Å². The highest BCUT2D eigenvalue weighted by molar-refractivity contribution is 5.86. The van der Waals surface area contributed by atoms with E-state index in [0.717, 1.165) is 0 Å². The molecule has 0 spiro atoms. The minimum atomic E-state index is -0.996. The summed E-state index contributed by atoms with van der Waals surface area (Å²) in [4.78, 5) is 27.3. The van der Waals surface area contributed by atoms with Crippen molar-refractivity contribution < 1.29 is 19.1 Å². The van der Waals surface area contributed by atoms with Crippen molar-refractivity contribution in [3.63, 3.8) is 0 Å². The van der Waals surface area contributed by atoms with Crippen molar-refractivity contribution in [1.82, 2.24) is 9.80 Å². The summed E-state index contributed by atoms with van der Waals surface area (Å²) in [6.07, 6.45) is -0.223. The summed E-state index contributed by atoms with van der Waals surface area (Å²) < 4.78 is 13.8. The maximum atomic E-state index is 13.8. The molecule has 1 unspecified atom stereocenters. The highest BCUT2D eigenvalue weighted by Gasteiger charge is 2.36. The van der Waals surface area contributed by atoms with Gasteiger partial charge in [0.15, 0.2) is 0 Å². The number of piperazine rings is 1. The van der Waals surface area contributed by atoms with Crippen molar-refractivity contribution in [3.05, 3.63) is 35.6 Å². The quantitative estimate of drug-likeness (QED) is 0.870. The second-order valence-corrected chi connectivity index (χ2v) is 6.35. The van der Waals surface area contributed by atoms with Crippen molar-refractivity contribution in [3.8, 4) is 0 Å². The largest absolute Gasteiger partial charge is 0.481 e. The number of benzene rings is 1. The topological polar surface area (TPSA) is 60.9 Å².